The number of benzene rings is 2. The van der Waals surface area contributed by atoms with Crippen LogP contribution in [0.15, 0.2) is 47.4 Å². The Hall–Kier alpha value is -2.45. The van der Waals surface area contributed by atoms with Crippen molar-refractivity contribution in [3.63, 3.8) is 0 Å². The van der Waals surface area contributed by atoms with Crippen LogP contribution in [0, 0.1) is 10.1 Å². The summed E-state index contributed by atoms with van der Waals surface area (Å²) in [5.41, 5.74) is 2.44. The summed E-state index contributed by atoms with van der Waals surface area (Å²) >= 11 is 0. The van der Waals surface area contributed by atoms with E-state index < -0.39 is 14.9 Å². The Balaban J connectivity index is 1.97. The summed E-state index contributed by atoms with van der Waals surface area (Å²) in [5, 5.41) is 14.7. The molecule has 1 atom stereocenters. The topological polar surface area (TPSA) is 101 Å². The van der Waals surface area contributed by atoms with Crippen molar-refractivity contribution in [3.05, 3.63) is 63.7 Å². The molecule has 7 nitrogen and oxygen atoms in total. The van der Waals surface area contributed by atoms with Gasteiger partial charge in [0, 0.05) is 6.07 Å². The first kappa shape index (κ1) is 17.4. The maximum absolute atomic E-state index is 11.9. The maximum Gasteiger partial charge on any atom is 0.293 e. The number of nitrogens with one attached hydrogen (secondary N) is 2. The number of nitro benzene ring substituents is 1. The molecular weight excluding hydrogens is 342 g/mol. The summed E-state index contributed by atoms with van der Waals surface area (Å²) in [6, 6.07) is 11.9. The average molecular weight is 361 g/mol. The quantitative estimate of drug-likeness (QED) is 0.630. The fourth-order valence-electron chi connectivity index (χ4n) is 3.16. The Bertz CT molecular complexity index is 912. The lowest BCUT2D eigenvalue weighted by atomic mass is 9.87. The van der Waals surface area contributed by atoms with E-state index in [0.29, 0.717) is 5.69 Å². The highest BCUT2D eigenvalue weighted by molar-refractivity contribution is 7.89. The molecule has 0 amide bonds. The van der Waals surface area contributed by atoms with E-state index in [2.05, 4.69) is 16.1 Å². The molecule has 132 valence electrons. The van der Waals surface area contributed by atoms with Crippen LogP contribution in [-0.2, 0) is 16.4 Å². The molecule has 1 aliphatic rings. The van der Waals surface area contributed by atoms with Crippen molar-refractivity contribution < 1.29 is 13.3 Å². The highest BCUT2D eigenvalue weighted by Crippen LogP contribution is 2.36. The van der Waals surface area contributed by atoms with Crippen LogP contribution in [-0.4, -0.2) is 20.4 Å². The van der Waals surface area contributed by atoms with E-state index in [1.165, 1.54) is 24.7 Å². The van der Waals surface area contributed by atoms with E-state index in [1.807, 2.05) is 18.2 Å². The van der Waals surface area contributed by atoms with Crippen molar-refractivity contribution in [2.75, 3.05) is 12.4 Å². The molecule has 0 saturated heterocycles. The number of hydrogen-bond donors (Lipinski definition) is 2. The lowest BCUT2D eigenvalue weighted by molar-refractivity contribution is -0.384. The molecule has 0 fully saturated rings. The van der Waals surface area contributed by atoms with Crippen LogP contribution in [0.25, 0.3) is 0 Å². The van der Waals surface area contributed by atoms with Gasteiger partial charge in [-0.15, -0.1) is 0 Å². The zero-order chi connectivity index (χ0) is 18.0. The third-order valence-electron chi connectivity index (χ3n) is 4.44. The number of aryl methyl sites for hydroxylation is 1. The van der Waals surface area contributed by atoms with Crippen LogP contribution in [0.4, 0.5) is 11.4 Å². The summed E-state index contributed by atoms with van der Waals surface area (Å²) in [4.78, 5) is 10.7. The zero-order valence-electron chi connectivity index (χ0n) is 13.7. The molecule has 0 spiro atoms. The van der Waals surface area contributed by atoms with Crippen LogP contribution in [0.5, 0.6) is 0 Å². The average Bonchev–Trinajstić information content (AvgIpc) is 2.62. The highest BCUT2D eigenvalue weighted by Gasteiger charge is 2.25. The second kappa shape index (κ2) is 6.81. The first-order valence-corrected chi connectivity index (χ1v) is 9.47. The molecule has 1 aliphatic carbocycles. The Morgan fingerprint density at radius 1 is 1.20 bits per heavy atom. The summed E-state index contributed by atoms with van der Waals surface area (Å²) in [6.07, 6.45) is 2.86. The van der Waals surface area contributed by atoms with E-state index >= 15 is 0 Å². The van der Waals surface area contributed by atoms with Crippen LogP contribution in [0.2, 0.25) is 0 Å². The lowest BCUT2D eigenvalue weighted by Crippen LogP contribution is -2.20. The molecule has 0 bridgehead atoms. The molecule has 2 aromatic carbocycles. The van der Waals surface area contributed by atoms with Gasteiger partial charge in [0.25, 0.3) is 5.69 Å². The fraction of sp³-hybridized carbons (Fsp3) is 0.294. The van der Waals surface area contributed by atoms with Gasteiger partial charge in [0.2, 0.25) is 10.0 Å². The summed E-state index contributed by atoms with van der Waals surface area (Å²) in [7, 11) is -2.46. The number of nitro groups is 1. The molecule has 0 saturated carbocycles. The molecule has 25 heavy (non-hydrogen) atoms. The minimum Gasteiger partial charge on any atom is -0.373 e. The summed E-state index contributed by atoms with van der Waals surface area (Å²) in [5.74, 6) is 0. The molecule has 2 aromatic rings. The van der Waals surface area contributed by atoms with E-state index in [-0.39, 0.29) is 16.6 Å². The van der Waals surface area contributed by atoms with Gasteiger partial charge < -0.3 is 5.32 Å². The third kappa shape index (κ3) is 3.49. The Morgan fingerprint density at radius 2 is 1.96 bits per heavy atom. The first-order chi connectivity index (χ1) is 11.9. The maximum atomic E-state index is 11.9. The number of nitrogens with zero attached hydrogens (tertiary/aromatic N) is 1. The normalized spacial score (nSPS) is 16.9. The predicted molar refractivity (Wildman–Crippen MR) is 95.1 cm³/mol. The van der Waals surface area contributed by atoms with Crippen molar-refractivity contribution in [2.45, 2.75) is 30.2 Å². The van der Waals surface area contributed by atoms with Gasteiger partial charge in [-0.25, -0.2) is 13.1 Å². The Kier molecular flexibility index (Phi) is 4.73. The van der Waals surface area contributed by atoms with Crippen LogP contribution >= 0.6 is 0 Å². The minimum atomic E-state index is -3.73. The summed E-state index contributed by atoms with van der Waals surface area (Å²) in [6.45, 7) is 0. The molecule has 3 rings (SSSR count). The van der Waals surface area contributed by atoms with Crippen molar-refractivity contribution >= 4 is 21.4 Å². The van der Waals surface area contributed by atoms with Crippen molar-refractivity contribution in [2.24, 2.45) is 0 Å². The van der Waals surface area contributed by atoms with Gasteiger partial charge in [0.15, 0.2) is 0 Å². The molecule has 0 heterocycles. The van der Waals surface area contributed by atoms with Gasteiger partial charge in [-0.2, -0.15) is 0 Å². The van der Waals surface area contributed by atoms with Gasteiger partial charge in [-0.3, -0.25) is 10.1 Å². The van der Waals surface area contributed by atoms with Crippen molar-refractivity contribution in [3.8, 4) is 0 Å². The SMILES string of the molecule is CNS(=O)(=O)c1ccc(N[C@H]2CCCc3ccccc32)c([N+](=O)[O-])c1. The zero-order valence-corrected chi connectivity index (χ0v) is 14.5. The Labute approximate surface area is 146 Å². The van der Waals surface area contributed by atoms with E-state index in [4.69, 9.17) is 0 Å². The second-order valence-electron chi connectivity index (χ2n) is 5.93. The fourth-order valence-corrected chi connectivity index (χ4v) is 3.91. The molecular formula is C17H19N3O4S. The highest BCUT2D eigenvalue weighted by atomic mass is 32.2. The van der Waals surface area contributed by atoms with Gasteiger partial charge in [0.05, 0.1) is 15.9 Å². The third-order valence-corrected chi connectivity index (χ3v) is 5.86. The molecule has 0 aromatic heterocycles. The summed E-state index contributed by atoms with van der Waals surface area (Å²) < 4.78 is 25.9. The van der Waals surface area contributed by atoms with Crippen LogP contribution < -0.4 is 10.0 Å². The van der Waals surface area contributed by atoms with Gasteiger partial charge in [-0.05, 0) is 49.6 Å². The number of sulfonamides is 1. The second-order valence-corrected chi connectivity index (χ2v) is 7.82. The van der Waals surface area contributed by atoms with E-state index in [0.717, 1.165) is 30.9 Å². The van der Waals surface area contributed by atoms with Crippen LogP contribution in [0.3, 0.4) is 0 Å². The number of hydrogen-bond acceptors (Lipinski definition) is 5. The number of fused-ring (bicyclic) bond motifs is 1. The van der Waals surface area contributed by atoms with Gasteiger partial charge >= 0.3 is 0 Å². The smallest absolute Gasteiger partial charge is 0.293 e. The molecule has 0 unspecified atom stereocenters. The number of anilines is 1. The van der Waals surface area contributed by atoms with E-state index in [9.17, 15) is 18.5 Å². The standard InChI is InChI=1S/C17H19N3O4S/c1-18-25(23,24)13-9-10-16(17(11-13)20(21)22)19-15-8-4-6-12-5-2-3-7-14(12)15/h2-3,5,7,9-11,15,18-19H,4,6,8H2,1H3/t15-/m0/s1. The van der Waals surface area contributed by atoms with Gasteiger partial charge in [-0.1, -0.05) is 24.3 Å². The monoisotopic (exact) mass is 361 g/mol. The molecule has 0 radical (unpaired) electrons. The number of rotatable bonds is 5. The Morgan fingerprint density at radius 3 is 2.68 bits per heavy atom. The van der Waals surface area contributed by atoms with E-state index in [1.54, 1.807) is 0 Å². The van der Waals surface area contributed by atoms with Crippen LogP contribution in [0.1, 0.15) is 30.0 Å². The molecule has 2 N–H and O–H groups in total. The molecule has 0 aliphatic heterocycles. The van der Waals surface area contributed by atoms with Gasteiger partial charge in [0.1, 0.15) is 5.69 Å². The minimum absolute atomic E-state index is 0.0320. The van der Waals surface area contributed by atoms with Crippen molar-refractivity contribution in [1.29, 1.82) is 0 Å². The van der Waals surface area contributed by atoms with Crippen molar-refractivity contribution in [1.82, 2.24) is 4.72 Å². The predicted octanol–water partition coefficient (Wildman–Crippen LogP) is 2.99. The molecule has 8 heteroatoms. The largest absolute Gasteiger partial charge is 0.373 e. The first-order valence-electron chi connectivity index (χ1n) is 7.98. The lowest BCUT2D eigenvalue weighted by Gasteiger charge is -2.27.